The van der Waals surface area contributed by atoms with E-state index < -0.39 is 0 Å². The summed E-state index contributed by atoms with van der Waals surface area (Å²) in [6.45, 7) is 0. The maximum Gasteiger partial charge on any atom is 0.363 e. The van der Waals surface area contributed by atoms with Crippen LogP contribution in [0.2, 0.25) is 0 Å². The first-order valence-electron chi connectivity index (χ1n) is 2.76. The van der Waals surface area contributed by atoms with Gasteiger partial charge in [-0.3, -0.25) is 0 Å². The van der Waals surface area contributed by atoms with Crippen molar-refractivity contribution < 1.29 is 8.83 Å². The zero-order valence-corrected chi connectivity index (χ0v) is 5.77. The monoisotopic (exact) mass is 151 g/mol. The summed E-state index contributed by atoms with van der Waals surface area (Å²) in [7, 11) is 0. The summed E-state index contributed by atoms with van der Waals surface area (Å²) in [4.78, 5) is 0.162. The molecule has 0 saturated heterocycles. The molecule has 0 saturated carbocycles. The van der Waals surface area contributed by atoms with Crippen LogP contribution in [0.15, 0.2) is 27.0 Å². The highest BCUT2D eigenvalue weighted by Gasteiger charge is 1.96. The fraction of sp³-hybridized carbons (Fsp3) is 0. The Hall–Kier alpha value is -1.09. The molecule has 0 atom stereocenters. The molecule has 0 unspecified atom stereocenters. The first kappa shape index (κ1) is 5.68. The predicted molar refractivity (Wildman–Crippen MR) is 38.2 cm³/mol. The number of hydrogen-bond acceptors (Lipinski definition) is 3. The third-order valence-electron chi connectivity index (χ3n) is 1.17. The smallest absolute Gasteiger partial charge is 0.363 e. The van der Waals surface area contributed by atoms with Crippen LogP contribution in [0.5, 0.6) is 0 Å². The SMILES string of the molecule is S=c1oc2c[c]ccc2o1. The molecule has 1 aromatic heterocycles. The van der Waals surface area contributed by atoms with Gasteiger partial charge in [-0.05, 0) is 18.2 Å². The maximum absolute atomic E-state index is 5.00. The molecule has 1 radical (unpaired) electrons. The summed E-state index contributed by atoms with van der Waals surface area (Å²) in [5.41, 5.74) is 1.32. The van der Waals surface area contributed by atoms with E-state index in [1.165, 1.54) is 0 Å². The number of hydrogen-bond donors (Lipinski definition) is 0. The van der Waals surface area contributed by atoms with E-state index in [2.05, 4.69) is 18.3 Å². The summed E-state index contributed by atoms with van der Waals surface area (Å²) >= 11 is 4.67. The molecule has 0 spiro atoms. The van der Waals surface area contributed by atoms with Crippen molar-refractivity contribution in [3.05, 3.63) is 29.2 Å². The Morgan fingerprint density at radius 1 is 1.30 bits per heavy atom. The normalized spacial score (nSPS) is 10.4. The number of benzene rings is 1. The van der Waals surface area contributed by atoms with Gasteiger partial charge in [0.2, 0.25) is 0 Å². The van der Waals surface area contributed by atoms with Crippen LogP contribution in [-0.2, 0) is 0 Å². The molecule has 0 aliphatic heterocycles. The summed E-state index contributed by atoms with van der Waals surface area (Å²) in [6, 6.07) is 8.04. The van der Waals surface area contributed by atoms with E-state index in [1.807, 2.05) is 0 Å². The zero-order valence-electron chi connectivity index (χ0n) is 4.96. The van der Waals surface area contributed by atoms with Crippen molar-refractivity contribution in [2.45, 2.75) is 0 Å². The number of fused-ring (bicyclic) bond motifs is 1. The lowest BCUT2D eigenvalue weighted by Crippen LogP contribution is -1.58. The second-order valence-corrected chi connectivity index (χ2v) is 2.16. The molecular formula is C7H3O2S. The predicted octanol–water partition coefficient (Wildman–Crippen LogP) is 2.56. The Morgan fingerprint density at radius 3 is 2.90 bits per heavy atom. The molecule has 2 nitrogen and oxygen atoms in total. The molecule has 49 valence electrons. The van der Waals surface area contributed by atoms with E-state index >= 15 is 0 Å². The summed E-state index contributed by atoms with van der Waals surface area (Å²) in [5, 5.41) is 0. The first-order valence-corrected chi connectivity index (χ1v) is 3.17. The van der Waals surface area contributed by atoms with Gasteiger partial charge in [-0.2, -0.15) is 0 Å². The van der Waals surface area contributed by atoms with E-state index in [0.29, 0.717) is 11.2 Å². The Balaban J connectivity index is 3.01. The fourth-order valence-electron chi connectivity index (χ4n) is 0.765. The topological polar surface area (TPSA) is 26.3 Å². The first-order chi connectivity index (χ1) is 4.86. The van der Waals surface area contributed by atoms with Gasteiger partial charge in [0.1, 0.15) is 0 Å². The van der Waals surface area contributed by atoms with Gasteiger partial charge in [-0.15, -0.1) is 0 Å². The third-order valence-corrected chi connectivity index (χ3v) is 1.34. The highest BCUT2D eigenvalue weighted by Crippen LogP contribution is 2.14. The lowest BCUT2D eigenvalue weighted by molar-refractivity contribution is 0.444. The van der Waals surface area contributed by atoms with Crippen LogP contribution in [0.4, 0.5) is 0 Å². The molecule has 0 fully saturated rings. The van der Waals surface area contributed by atoms with Gasteiger partial charge in [-0.1, -0.05) is 6.07 Å². The number of rotatable bonds is 0. The molecule has 2 aromatic rings. The van der Waals surface area contributed by atoms with Gasteiger partial charge in [0.25, 0.3) is 0 Å². The molecule has 0 bridgehead atoms. The van der Waals surface area contributed by atoms with Crippen molar-refractivity contribution in [1.82, 2.24) is 0 Å². The van der Waals surface area contributed by atoms with E-state index in [1.54, 1.807) is 18.2 Å². The lowest BCUT2D eigenvalue weighted by atomic mass is 10.3. The minimum absolute atomic E-state index is 0.162. The summed E-state index contributed by atoms with van der Waals surface area (Å²) in [5.74, 6) is 0. The molecule has 0 N–H and O–H groups in total. The maximum atomic E-state index is 5.00. The van der Waals surface area contributed by atoms with Crippen molar-refractivity contribution in [2.75, 3.05) is 0 Å². The molecule has 3 heteroatoms. The molecule has 1 heterocycles. The quantitative estimate of drug-likeness (QED) is 0.541. The Bertz CT molecular complexity index is 363. The molecule has 1 aromatic carbocycles. The van der Waals surface area contributed by atoms with Gasteiger partial charge in [0, 0.05) is 12.2 Å². The average molecular weight is 151 g/mol. The van der Waals surface area contributed by atoms with Crippen molar-refractivity contribution in [1.29, 1.82) is 0 Å². The highest BCUT2D eigenvalue weighted by atomic mass is 32.1. The molecule has 2 rings (SSSR count). The van der Waals surface area contributed by atoms with Crippen LogP contribution in [0, 0.1) is 11.0 Å². The van der Waals surface area contributed by atoms with E-state index in [-0.39, 0.29) is 4.90 Å². The minimum atomic E-state index is 0.162. The molecule has 10 heavy (non-hydrogen) atoms. The third kappa shape index (κ3) is 0.752. The Morgan fingerprint density at radius 2 is 2.10 bits per heavy atom. The standard InChI is InChI=1S/C7H3O2S/c10-7-8-5-3-1-2-4-6(5)9-7/h1,3-4H. The van der Waals surface area contributed by atoms with Crippen LogP contribution < -0.4 is 0 Å². The van der Waals surface area contributed by atoms with Gasteiger partial charge in [0.15, 0.2) is 11.2 Å². The molecule has 0 amide bonds. The van der Waals surface area contributed by atoms with Gasteiger partial charge < -0.3 is 8.83 Å². The van der Waals surface area contributed by atoms with Crippen LogP contribution in [0.3, 0.4) is 0 Å². The van der Waals surface area contributed by atoms with Gasteiger partial charge in [-0.25, -0.2) is 0 Å². The Kier molecular flexibility index (Phi) is 1.11. The zero-order chi connectivity index (χ0) is 6.97. The Labute approximate surface area is 62.1 Å². The van der Waals surface area contributed by atoms with Gasteiger partial charge in [0.05, 0.1) is 0 Å². The average Bonchev–Trinajstić information content (AvgIpc) is 2.27. The van der Waals surface area contributed by atoms with Crippen LogP contribution in [0.1, 0.15) is 0 Å². The van der Waals surface area contributed by atoms with Crippen molar-refractivity contribution in [3.8, 4) is 0 Å². The molecular weight excluding hydrogens is 148 g/mol. The largest absolute Gasteiger partial charge is 0.413 e. The minimum Gasteiger partial charge on any atom is -0.413 e. The van der Waals surface area contributed by atoms with Crippen LogP contribution in [0.25, 0.3) is 11.2 Å². The lowest BCUT2D eigenvalue weighted by Gasteiger charge is -1.77. The second-order valence-electron chi connectivity index (χ2n) is 1.83. The summed E-state index contributed by atoms with van der Waals surface area (Å²) < 4.78 is 9.98. The molecule has 0 aliphatic carbocycles. The van der Waals surface area contributed by atoms with Crippen LogP contribution >= 0.6 is 12.2 Å². The van der Waals surface area contributed by atoms with Crippen LogP contribution in [-0.4, -0.2) is 0 Å². The van der Waals surface area contributed by atoms with Crippen molar-refractivity contribution in [3.63, 3.8) is 0 Å². The molecule has 0 aliphatic rings. The van der Waals surface area contributed by atoms with Crippen molar-refractivity contribution >= 4 is 23.4 Å². The van der Waals surface area contributed by atoms with Crippen molar-refractivity contribution in [2.24, 2.45) is 0 Å². The van der Waals surface area contributed by atoms with E-state index in [0.717, 1.165) is 0 Å². The van der Waals surface area contributed by atoms with E-state index in [4.69, 9.17) is 8.83 Å². The second kappa shape index (κ2) is 1.95. The van der Waals surface area contributed by atoms with Gasteiger partial charge >= 0.3 is 4.90 Å². The highest BCUT2D eigenvalue weighted by molar-refractivity contribution is 7.71. The fourth-order valence-corrected chi connectivity index (χ4v) is 0.945. The van der Waals surface area contributed by atoms with E-state index in [9.17, 15) is 0 Å². The summed E-state index contributed by atoms with van der Waals surface area (Å²) in [6.07, 6.45) is 0.